The van der Waals surface area contributed by atoms with Crippen LogP contribution in [0.4, 0.5) is 0 Å². The molecule has 84 valence electrons. The first kappa shape index (κ1) is 11.8. The van der Waals surface area contributed by atoms with Crippen molar-refractivity contribution in [3.63, 3.8) is 0 Å². The van der Waals surface area contributed by atoms with Gasteiger partial charge < -0.3 is 5.11 Å². The predicted octanol–water partition coefficient (Wildman–Crippen LogP) is 3.49. The molecule has 4 heteroatoms. The Hall–Kier alpha value is -0.710. The van der Waals surface area contributed by atoms with E-state index in [-0.39, 0.29) is 0 Å². The molecular formula is C12H12BrNOS. The van der Waals surface area contributed by atoms with E-state index in [4.69, 9.17) is 0 Å². The zero-order valence-electron chi connectivity index (χ0n) is 8.85. The molecule has 2 aromatic rings. The Morgan fingerprint density at radius 1 is 1.44 bits per heavy atom. The van der Waals surface area contributed by atoms with Crippen LogP contribution >= 0.6 is 27.3 Å². The van der Waals surface area contributed by atoms with E-state index in [1.807, 2.05) is 36.7 Å². The molecule has 1 N–H and O–H groups in total. The minimum atomic E-state index is -0.482. The number of aryl methyl sites for hydroxylation is 1. The second-order valence-corrected chi connectivity index (χ2v) is 5.48. The normalized spacial score (nSPS) is 12.7. The SMILES string of the molecule is Cc1ccc(CC(O)c2sccc2Br)nc1. The molecule has 16 heavy (non-hydrogen) atoms. The van der Waals surface area contributed by atoms with Crippen molar-refractivity contribution in [2.75, 3.05) is 0 Å². The maximum atomic E-state index is 10.1. The molecular weight excluding hydrogens is 286 g/mol. The van der Waals surface area contributed by atoms with Crippen molar-refractivity contribution in [2.24, 2.45) is 0 Å². The zero-order valence-corrected chi connectivity index (χ0v) is 11.3. The van der Waals surface area contributed by atoms with Crippen LogP contribution in [-0.4, -0.2) is 10.1 Å². The van der Waals surface area contributed by atoms with Gasteiger partial charge in [0, 0.05) is 27.7 Å². The van der Waals surface area contributed by atoms with E-state index < -0.39 is 6.10 Å². The van der Waals surface area contributed by atoms with Crippen molar-refractivity contribution < 1.29 is 5.11 Å². The third kappa shape index (κ3) is 2.70. The van der Waals surface area contributed by atoms with Crippen molar-refractivity contribution >= 4 is 27.3 Å². The summed E-state index contributed by atoms with van der Waals surface area (Å²) in [6, 6.07) is 5.92. The maximum absolute atomic E-state index is 10.1. The predicted molar refractivity (Wildman–Crippen MR) is 69.7 cm³/mol. The number of hydrogen-bond donors (Lipinski definition) is 1. The van der Waals surface area contributed by atoms with Gasteiger partial charge in [0.25, 0.3) is 0 Å². The first-order chi connectivity index (χ1) is 7.66. The van der Waals surface area contributed by atoms with Gasteiger partial charge in [0.2, 0.25) is 0 Å². The van der Waals surface area contributed by atoms with E-state index in [0.717, 1.165) is 20.6 Å². The van der Waals surface area contributed by atoms with Crippen LogP contribution < -0.4 is 0 Å². The van der Waals surface area contributed by atoms with Crippen LogP contribution in [0.25, 0.3) is 0 Å². The number of aliphatic hydroxyl groups is 1. The van der Waals surface area contributed by atoms with Crippen molar-refractivity contribution in [3.8, 4) is 0 Å². The molecule has 0 aliphatic rings. The molecule has 0 aliphatic carbocycles. The highest BCUT2D eigenvalue weighted by Gasteiger charge is 2.13. The van der Waals surface area contributed by atoms with Crippen molar-refractivity contribution in [2.45, 2.75) is 19.4 Å². The topological polar surface area (TPSA) is 33.1 Å². The summed E-state index contributed by atoms with van der Waals surface area (Å²) in [5.74, 6) is 0. The summed E-state index contributed by atoms with van der Waals surface area (Å²) in [4.78, 5) is 5.25. The Labute approximate surface area is 107 Å². The van der Waals surface area contributed by atoms with Crippen LogP contribution in [0.3, 0.4) is 0 Å². The van der Waals surface area contributed by atoms with Crippen LogP contribution in [0.15, 0.2) is 34.2 Å². The number of aliphatic hydroxyl groups excluding tert-OH is 1. The number of aromatic nitrogens is 1. The van der Waals surface area contributed by atoms with Gasteiger partial charge in [0.05, 0.1) is 6.10 Å². The molecule has 0 amide bonds. The van der Waals surface area contributed by atoms with Crippen LogP contribution in [0.2, 0.25) is 0 Å². The number of rotatable bonds is 3. The van der Waals surface area contributed by atoms with Crippen molar-refractivity contribution in [3.05, 3.63) is 50.4 Å². The number of pyridine rings is 1. The van der Waals surface area contributed by atoms with Gasteiger partial charge in [-0.05, 0) is 45.9 Å². The molecule has 2 heterocycles. The fourth-order valence-corrected chi connectivity index (χ4v) is 3.08. The Morgan fingerprint density at radius 3 is 2.81 bits per heavy atom. The minimum Gasteiger partial charge on any atom is -0.387 e. The minimum absolute atomic E-state index is 0.482. The lowest BCUT2D eigenvalue weighted by Gasteiger charge is -2.08. The molecule has 0 aromatic carbocycles. The molecule has 2 rings (SSSR count). The standard InChI is InChI=1S/C12H12BrNOS/c1-8-2-3-9(14-7-8)6-11(15)12-10(13)4-5-16-12/h2-5,7,11,15H,6H2,1H3. The van der Waals surface area contributed by atoms with Gasteiger partial charge in [-0.1, -0.05) is 6.07 Å². The molecule has 1 atom stereocenters. The van der Waals surface area contributed by atoms with Gasteiger partial charge in [-0.25, -0.2) is 0 Å². The quantitative estimate of drug-likeness (QED) is 0.941. The Kier molecular flexibility index (Phi) is 3.74. The summed E-state index contributed by atoms with van der Waals surface area (Å²) in [5.41, 5.74) is 2.05. The van der Waals surface area contributed by atoms with Crippen molar-refractivity contribution in [1.82, 2.24) is 4.98 Å². The van der Waals surface area contributed by atoms with Gasteiger partial charge in [-0.2, -0.15) is 0 Å². The highest BCUT2D eigenvalue weighted by atomic mass is 79.9. The summed E-state index contributed by atoms with van der Waals surface area (Å²) >= 11 is 4.98. The largest absolute Gasteiger partial charge is 0.387 e. The number of nitrogens with zero attached hydrogens (tertiary/aromatic N) is 1. The third-order valence-electron chi connectivity index (χ3n) is 2.32. The average molecular weight is 298 g/mol. The van der Waals surface area contributed by atoms with Crippen LogP contribution in [-0.2, 0) is 6.42 Å². The smallest absolute Gasteiger partial charge is 0.0948 e. The van der Waals surface area contributed by atoms with E-state index in [0.29, 0.717) is 6.42 Å². The van der Waals surface area contributed by atoms with E-state index in [1.54, 1.807) is 11.3 Å². The van der Waals surface area contributed by atoms with Crippen molar-refractivity contribution in [1.29, 1.82) is 0 Å². The summed E-state index contributed by atoms with van der Waals surface area (Å²) in [5, 5.41) is 12.0. The van der Waals surface area contributed by atoms with Gasteiger partial charge >= 0.3 is 0 Å². The molecule has 1 unspecified atom stereocenters. The number of halogens is 1. The fraction of sp³-hybridized carbons (Fsp3) is 0.250. The zero-order chi connectivity index (χ0) is 11.5. The molecule has 0 saturated heterocycles. The van der Waals surface area contributed by atoms with E-state index >= 15 is 0 Å². The molecule has 0 radical (unpaired) electrons. The third-order valence-corrected chi connectivity index (χ3v) is 4.29. The molecule has 0 bridgehead atoms. The summed E-state index contributed by atoms with van der Waals surface area (Å²) in [6.07, 6.45) is 1.90. The average Bonchev–Trinajstić information content (AvgIpc) is 2.68. The highest BCUT2D eigenvalue weighted by molar-refractivity contribution is 9.10. The molecule has 0 spiro atoms. The number of thiophene rings is 1. The van der Waals surface area contributed by atoms with Crippen LogP contribution in [0.1, 0.15) is 22.2 Å². The first-order valence-corrected chi connectivity index (χ1v) is 6.66. The Morgan fingerprint density at radius 2 is 2.25 bits per heavy atom. The van der Waals surface area contributed by atoms with E-state index in [1.165, 1.54) is 0 Å². The molecule has 2 aromatic heterocycles. The molecule has 0 aliphatic heterocycles. The highest BCUT2D eigenvalue weighted by Crippen LogP contribution is 2.30. The van der Waals surface area contributed by atoms with Gasteiger partial charge in [-0.15, -0.1) is 11.3 Å². The first-order valence-electron chi connectivity index (χ1n) is 4.99. The Bertz CT molecular complexity index is 466. The van der Waals surface area contributed by atoms with Gasteiger partial charge in [0.1, 0.15) is 0 Å². The van der Waals surface area contributed by atoms with Gasteiger partial charge in [-0.3, -0.25) is 4.98 Å². The second-order valence-electron chi connectivity index (χ2n) is 3.68. The summed E-state index contributed by atoms with van der Waals surface area (Å²) < 4.78 is 0.970. The van der Waals surface area contributed by atoms with E-state index in [9.17, 15) is 5.11 Å². The monoisotopic (exact) mass is 297 g/mol. The second kappa shape index (κ2) is 5.08. The fourth-order valence-electron chi connectivity index (χ4n) is 1.45. The Balaban J connectivity index is 2.10. The van der Waals surface area contributed by atoms with Crippen LogP contribution in [0, 0.1) is 6.92 Å². The summed E-state index contributed by atoms with van der Waals surface area (Å²) in [7, 11) is 0. The lowest BCUT2D eigenvalue weighted by molar-refractivity contribution is 0.180. The van der Waals surface area contributed by atoms with Gasteiger partial charge in [0.15, 0.2) is 0 Å². The van der Waals surface area contributed by atoms with Crippen LogP contribution in [0.5, 0.6) is 0 Å². The molecule has 0 saturated carbocycles. The lowest BCUT2D eigenvalue weighted by atomic mass is 10.1. The molecule has 2 nitrogen and oxygen atoms in total. The number of hydrogen-bond acceptors (Lipinski definition) is 3. The lowest BCUT2D eigenvalue weighted by Crippen LogP contribution is -2.02. The maximum Gasteiger partial charge on any atom is 0.0948 e. The summed E-state index contributed by atoms with van der Waals surface area (Å²) in [6.45, 7) is 2.00. The molecule has 0 fully saturated rings. The van der Waals surface area contributed by atoms with E-state index in [2.05, 4.69) is 20.9 Å².